The van der Waals surface area contributed by atoms with Crippen LogP contribution in [0, 0.1) is 3.77 Å². The third-order valence-corrected chi connectivity index (χ3v) is 5.41. The van der Waals surface area contributed by atoms with Crippen LogP contribution in [-0.2, 0) is 17.8 Å². The van der Waals surface area contributed by atoms with Crippen LogP contribution in [-0.4, -0.2) is 48.5 Å². The molecule has 136 valence electrons. The Balaban J connectivity index is 1.28. The Morgan fingerprint density at radius 2 is 2.00 bits per heavy atom. The van der Waals surface area contributed by atoms with Crippen LogP contribution in [0.1, 0.15) is 16.9 Å². The summed E-state index contributed by atoms with van der Waals surface area (Å²) in [4.78, 5) is 16.6. The second-order valence-electron chi connectivity index (χ2n) is 6.62. The number of carbonyl (C=O) groups excluding carboxylic acids is 1. The van der Waals surface area contributed by atoms with Crippen LogP contribution >= 0.6 is 22.6 Å². The maximum atomic E-state index is 12.3. The van der Waals surface area contributed by atoms with Gasteiger partial charge in [0.1, 0.15) is 11.5 Å². The fourth-order valence-corrected chi connectivity index (χ4v) is 3.83. The molecule has 5 nitrogen and oxygen atoms in total. The van der Waals surface area contributed by atoms with Crippen LogP contribution in [0.25, 0.3) is 6.08 Å². The van der Waals surface area contributed by atoms with E-state index in [9.17, 15) is 4.79 Å². The summed E-state index contributed by atoms with van der Waals surface area (Å²) in [6.07, 6.45) is 4.35. The Morgan fingerprint density at radius 1 is 1.15 bits per heavy atom. The van der Waals surface area contributed by atoms with Crippen molar-refractivity contribution in [1.29, 1.82) is 0 Å². The topological polar surface area (TPSA) is 45.9 Å². The van der Waals surface area contributed by atoms with Crippen LogP contribution in [0.3, 0.4) is 0 Å². The Hall–Kier alpha value is -1.80. The van der Waals surface area contributed by atoms with Gasteiger partial charge in [-0.05, 0) is 58.0 Å². The van der Waals surface area contributed by atoms with E-state index in [0.717, 1.165) is 55.3 Å². The molecule has 0 spiro atoms. The van der Waals surface area contributed by atoms with Crippen molar-refractivity contribution in [2.24, 2.45) is 0 Å². The number of hydrogen-bond donors (Lipinski definition) is 0. The van der Waals surface area contributed by atoms with Gasteiger partial charge in [-0.25, -0.2) is 0 Å². The van der Waals surface area contributed by atoms with E-state index in [1.165, 1.54) is 11.1 Å². The number of fused-ring (bicyclic) bond motifs is 1. The highest BCUT2D eigenvalue weighted by Gasteiger charge is 2.20. The van der Waals surface area contributed by atoms with Gasteiger partial charge in [-0.2, -0.15) is 0 Å². The first-order valence-electron chi connectivity index (χ1n) is 8.87. The average molecular weight is 464 g/mol. The third-order valence-electron chi connectivity index (χ3n) is 4.83. The number of amides is 1. The van der Waals surface area contributed by atoms with Crippen LogP contribution in [0.5, 0.6) is 5.75 Å². The summed E-state index contributed by atoms with van der Waals surface area (Å²) >= 11 is 2.11. The largest absolute Gasteiger partial charge is 0.493 e. The lowest BCUT2D eigenvalue weighted by Crippen LogP contribution is -2.47. The predicted molar refractivity (Wildman–Crippen MR) is 108 cm³/mol. The second-order valence-corrected chi connectivity index (χ2v) is 7.68. The average Bonchev–Trinajstić information content (AvgIpc) is 3.28. The van der Waals surface area contributed by atoms with E-state index < -0.39 is 0 Å². The number of ether oxygens (including phenoxy) is 1. The number of piperazine rings is 1. The highest BCUT2D eigenvalue weighted by molar-refractivity contribution is 14.1. The zero-order valence-corrected chi connectivity index (χ0v) is 16.6. The van der Waals surface area contributed by atoms with Gasteiger partial charge in [0.05, 0.1) is 6.61 Å². The molecule has 0 bridgehead atoms. The molecular formula is C20H21IN2O3. The van der Waals surface area contributed by atoms with Crippen molar-refractivity contribution in [3.05, 3.63) is 57.1 Å². The number of benzene rings is 1. The monoisotopic (exact) mass is 464 g/mol. The molecule has 0 saturated carbocycles. The fourth-order valence-electron chi connectivity index (χ4n) is 3.40. The van der Waals surface area contributed by atoms with Gasteiger partial charge in [-0.1, -0.05) is 12.1 Å². The van der Waals surface area contributed by atoms with Gasteiger partial charge in [-0.3, -0.25) is 9.69 Å². The minimum absolute atomic E-state index is 0.0470. The first-order chi connectivity index (χ1) is 12.7. The van der Waals surface area contributed by atoms with Gasteiger partial charge < -0.3 is 14.1 Å². The Labute approximate surface area is 166 Å². The molecule has 6 heteroatoms. The van der Waals surface area contributed by atoms with Gasteiger partial charge in [0.25, 0.3) is 0 Å². The summed E-state index contributed by atoms with van der Waals surface area (Å²) < 4.78 is 11.8. The van der Waals surface area contributed by atoms with Gasteiger partial charge >= 0.3 is 0 Å². The molecule has 3 heterocycles. The minimum Gasteiger partial charge on any atom is -0.493 e. The second kappa shape index (κ2) is 7.84. The summed E-state index contributed by atoms with van der Waals surface area (Å²) in [6.45, 7) is 5.03. The molecule has 1 aromatic heterocycles. The predicted octanol–water partition coefficient (Wildman–Crippen LogP) is 3.18. The molecule has 0 radical (unpaired) electrons. The fraction of sp³-hybridized carbons (Fsp3) is 0.350. The van der Waals surface area contributed by atoms with Crippen molar-refractivity contribution >= 4 is 34.6 Å². The first-order valence-corrected chi connectivity index (χ1v) is 9.94. The van der Waals surface area contributed by atoms with Gasteiger partial charge in [-0.15, -0.1) is 0 Å². The maximum absolute atomic E-state index is 12.3. The van der Waals surface area contributed by atoms with E-state index in [4.69, 9.17) is 9.15 Å². The molecule has 0 aliphatic carbocycles. The van der Waals surface area contributed by atoms with E-state index in [1.54, 1.807) is 12.2 Å². The molecular weight excluding hydrogens is 443 g/mol. The third kappa shape index (κ3) is 4.12. The van der Waals surface area contributed by atoms with E-state index >= 15 is 0 Å². The smallest absolute Gasteiger partial charge is 0.246 e. The van der Waals surface area contributed by atoms with Crippen LogP contribution in [0.15, 0.2) is 40.8 Å². The summed E-state index contributed by atoms with van der Waals surface area (Å²) in [5.74, 6) is 1.79. The first kappa shape index (κ1) is 17.6. The standard InChI is InChI=1S/C20H21IN2O3/c21-19-5-2-17(26-19)3-6-20(24)23-10-8-22(9-11-23)14-15-1-4-18-16(13-15)7-12-25-18/h1-6,13H,7-12,14H2/b6-3+. The van der Waals surface area contributed by atoms with Crippen molar-refractivity contribution in [2.45, 2.75) is 13.0 Å². The SMILES string of the molecule is O=C(/C=C/c1ccc(I)o1)N1CCN(Cc2ccc3c(c2)CCO3)CC1. The molecule has 1 fully saturated rings. The molecule has 4 rings (SSSR count). The van der Waals surface area contributed by atoms with E-state index in [0.29, 0.717) is 5.76 Å². The minimum atomic E-state index is 0.0470. The summed E-state index contributed by atoms with van der Waals surface area (Å²) in [7, 11) is 0. The van der Waals surface area contributed by atoms with Gasteiger partial charge in [0, 0.05) is 45.2 Å². The summed E-state index contributed by atoms with van der Waals surface area (Å²) in [5.41, 5.74) is 2.63. The number of furan rings is 1. The zero-order valence-electron chi connectivity index (χ0n) is 14.5. The molecule has 0 unspecified atom stereocenters. The lowest BCUT2D eigenvalue weighted by atomic mass is 10.1. The van der Waals surface area contributed by atoms with Crippen molar-refractivity contribution in [1.82, 2.24) is 9.80 Å². The number of halogens is 1. The Morgan fingerprint density at radius 3 is 2.77 bits per heavy atom. The summed E-state index contributed by atoms with van der Waals surface area (Å²) in [6, 6.07) is 10.2. The lowest BCUT2D eigenvalue weighted by molar-refractivity contribution is -0.127. The van der Waals surface area contributed by atoms with Crippen LogP contribution in [0.2, 0.25) is 0 Å². The molecule has 1 amide bonds. The van der Waals surface area contributed by atoms with Crippen molar-refractivity contribution in [3.8, 4) is 5.75 Å². The normalized spacial score (nSPS) is 17.5. The number of carbonyl (C=O) groups is 1. The van der Waals surface area contributed by atoms with E-state index in [2.05, 4.69) is 45.7 Å². The van der Waals surface area contributed by atoms with Gasteiger partial charge in [0.2, 0.25) is 5.91 Å². The van der Waals surface area contributed by atoms with Crippen LogP contribution < -0.4 is 4.74 Å². The van der Waals surface area contributed by atoms with Crippen molar-refractivity contribution < 1.29 is 13.9 Å². The molecule has 2 aliphatic rings. The number of hydrogen-bond acceptors (Lipinski definition) is 4. The zero-order chi connectivity index (χ0) is 17.9. The quantitative estimate of drug-likeness (QED) is 0.516. The van der Waals surface area contributed by atoms with Crippen LogP contribution in [0.4, 0.5) is 0 Å². The van der Waals surface area contributed by atoms with E-state index in [-0.39, 0.29) is 5.91 Å². The number of rotatable bonds is 4. The summed E-state index contributed by atoms with van der Waals surface area (Å²) in [5, 5.41) is 0. The molecule has 0 atom stereocenters. The molecule has 2 aromatic rings. The lowest BCUT2D eigenvalue weighted by Gasteiger charge is -2.34. The Bertz CT molecular complexity index is 822. The number of nitrogens with zero attached hydrogens (tertiary/aromatic N) is 2. The molecule has 0 N–H and O–H groups in total. The molecule has 1 saturated heterocycles. The molecule has 1 aromatic carbocycles. The maximum Gasteiger partial charge on any atom is 0.246 e. The van der Waals surface area contributed by atoms with Gasteiger partial charge in [0.15, 0.2) is 3.77 Å². The van der Waals surface area contributed by atoms with E-state index in [1.807, 2.05) is 17.0 Å². The highest BCUT2D eigenvalue weighted by atomic mass is 127. The Kier molecular flexibility index (Phi) is 5.31. The highest BCUT2D eigenvalue weighted by Crippen LogP contribution is 2.26. The van der Waals surface area contributed by atoms with Crippen molar-refractivity contribution in [2.75, 3.05) is 32.8 Å². The van der Waals surface area contributed by atoms with Crippen molar-refractivity contribution in [3.63, 3.8) is 0 Å². The molecule has 26 heavy (non-hydrogen) atoms. The molecule has 2 aliphatic heterocycles.